The van der Waals surface area contributed by atoms with Crippen molar-refractivity contribution in [3.63, 3.8) is 0 Å². The highest BCUT2D eigenvalue weighted by Crippen LogP contribution is 2.22. The number of nitrogens with one attached hydrogen (secondary N) is 1. The lowest BCUT2D eigenvalue weighted by atomic mass is 10.1. The molecule has 0 spiro atoms. The third-order valence-electron chi connectivity index (χ3n) is 2.51. The smallest absolute Gasteiger partial charge is 0.250 e. The van der Waals surface area contributed by atoms with E-state index in [2.05, 4.69) is 10.3 Å². The third kappa shape index (κ3) is 1.75. The number of pyridine rings is 1. The highest BCUT2D eigenvalue weighted by atomic mass is 16.1. The summed E-state index contributed by atoms with van der Waals surface area (Å²) in [5, 5.41) is 3.35. The summed E-state index contributed by atoms with van der Waals surface area (Å²) in [5.41, 5.74) is 6.72. The summed E-state index contributed by atoms with van der Waals surface area (Å²) >= 11 is 0. The third-order valence-corrected chi connectivity index (χ3v) is 2.51. The summed E-state index contributed by atoms with van der Waals surface area (Å²) in [5.74, 6) is -0.419. The maximum atomic E-state index is 10.9. The number of hydrogen-bond donors (Lipinski definition) is 2. The van der Waals surface area contributed by atoms with Crippen molar-refractivity contribution < 1.29 is 4.79 Å². The summed E-state index contributed by atoms with van der Waals surface area (Å²) < 4.78 is 0. The summed E-state index contributed by atoms with van der Waals surface area (Å²) in [6, 6.07) is 2.15. The summed E-state index contributed by atoms with van der Waals surface area (Å²) in [7, 11) is 0. The van der Waals surface area contributed by atoms with Crippen molar-refractivity contribution in [3.05, 3.63) is 29.6 Å². The zero-order valence-electron chi connectivity index (χ0n) is 7.86. The van der Waals surface area contributed by atoms with Crippen molar-refractivity contribution in [2.75, 3.05) is 6.54 Å². The standard InChI is InChI=1S/C10H13N3O/c11-10(14)8-4-7(5-12-6-8)9-2-1-3-13-9/h4-6,9,13H,1-3H2,(H2,11,14)/t9-/m0/s1. The molecule has 3 N–H and O–H groups in total. The van der Waals surface area contributed by atoms with Gasteiger partial charge < -0.3 is 11.1 Å². The van der Waals surface area contributed by atoms with E-state index in [1.165, 1.54) is 12.6 Å². The monoisotopic (exact) mass is 191 g/mol. The van der Waals surface area contributed by atoms with Crippen molar-refractivity contribution in [1.82, 2.24) is 10.3 Å². The lowest BCUT2D eigenvalue weighted by Gasteiger charge is -2.10. The van der Waals surface area contributed by atoms with Crippen LogP contribution in [0.5, 0.6) is 0 Å². The highest BCUT2D eigenvalue weighted by Gasteiger charge is 2.17. The SMILES string of the molecule is NC(=O)c1cncc([C@@H]2CCCN2)c1. The van der Waals surface area contributed by atoms with Crippen molar-refractivity contribution in [3.8, 4) is 0 Å². The van der Waals surface area contributed by atoms with Crippen molar-refractivity contribution in [1.29, 1.82) is 0 Å². The molecule has 0 bridgehead atoms. The maximum absolute atomic E-state index is 10.9. The second-order valence-corrected chi connectivity index (χ2v) is 3.52. The molecule has 1 fully saturated rings. The minimum absolute atomic E-state index is 0.335. The molecule has 14 heavy (non-hydrogen) atoms. The van der Waals surface area contributed by atoms with Gasteiger partial charge in [0.15, 0.2) is 0 Å². The molecule has 0 saturated carbocycles. The van der Waals surface area contributed by atoms with Gasteiger partial charge in [0, 0.05) is 18.4 Å². The van der Waals surface area contributed by atoms with Crippen molar-refractivity contribution in [2.45, 2.75) is 18.9 Å². The Hall–Kier alpha value is -1.42. The van der Waals surface area contributed by atoms with Gasteiger partial charge in [0.1, 0.15) is 0 Å². The average molecular weight is 191 g/mol. The normalized spacial score (nSPS) is 21.0. The first-order chi connectivity index (χ1) is 6.77. The molecule has 1 amide bonds. The number of primary amides is 1. The minimum Gasteiger partial charge on any atom is -0.366 e. The van der Waals surface area contributed by atoms with Gasteiger partial charge >= 0.3 is 0 Å². The van der Waals surface area contributed by atoms with Gasteiger partial charge in [-0.05, 0) is 31.0 Å². The lowest BCUT2D eigenvalue weighted by Crippen LogP contribution is -2.16. The molecule has 1 aromatic heterocycles. The maximum Gasteiger partial charge on any atom is 0.250 e. The highest BCUT2D eigenvalue weighted by molar-refractivity contribution is 5.92. The molecule has 0 unspecified atom stereocenters. The lowest BCUT2D eigenvalue weighted by molar-refractivity contribution is 0.1000. The van der Waals surface area contributed by atoms with E-state index in [1.807, 2.05) is 6.07 Å². The number of aromatic nitrogens is 1. The molecule has 1 aliphatic heterocycles. The van der Waals surface area contributed by atoms with Crippen LogP contribution < -0.4 is 11.1 Å². The molecule has 1 atom stereocenters. The van der Waals surface area contributed by atoms with Gasteiger partial charge in [-0.1, -0.05) is 0 Å². The van der Waals surface area contributed by atoms with Gasteiger partial charge in [0.2, 0.25) is 5.91 Å². The van der Waals surface area contributed by atoms with Gasteiger partial charge in [0.05, 0.1) is 5.56 Å². The number of carbonyl (C=O) groups excluding carboxylic acids is 1. The summed E-state index contributed by atoms with van der Waals surface area (Å²) in [6.07, 6.45) is 5.56. The van der Waals surface area contributed by atoms with Crippen LogP contribution in [0.25, 0.3) is 0 Å². The number of nitrogens with zero attached hydrogens (tertiary/aromatic N) is 1. The van der Waals surface area contributed by atoms with E-state index in [4.69, 9.17) is 5.73 Å². The predicted molar refractivity (Wildman–Crippen MR) is 52.7 cm³/mol. The Morgan fingerprint density at radius 3 is 3.07 bits per heavy atom. The van der Waals surface area contributed by atoms with Crippen LogP contribution in [0.4, 0.5) is 0 Å². The molecule has 4 heteroatoms. The second kappa shape index (κ2) is 3.75. The first-order valence-electron chi connectivity index (χ1n) is 4.75. The Morgan fingerprint density at radius 1 is 1.57 bits per heavy atom. The van der Waals surface area contributed by atoms with Crippen LogP contribution in [-0.4, -0.2) is 17.4 Å². The van der Waals surface area contributed by atoms with E-state index < -0.39 is 5.91 Å². The molecule has 2 heterocycles. The Morgan fingerprint density at radius 2 is 2.43 bits per heavy atom. The molecule has 1 aliphatic rings. The fraction of sp³-hybridized carbons (Fsp3) is 0.400. The molecule has 74 valence electrons. The minimum atomic E-state index is -0.419. The Balaban J connectivity index is 2.25. The number of rotatable bonds is 2. The molecular weight excluding hydrogens is 178 g/mol. The van der Waals surface area contributed by atoms with E-state index in [-0.39, 0.29) is 0 Å². The van der Waals surface area contributed by atoms with Crippen LogP contribution in [0.1, 0.15) is 34.8 Å². The molecule has 0 aliphatic carbocycles. The van der Waals surface area contributed by atoms with Crippen LogP contribution >= 0.6 is 0 Å². The van der Waals surface area contributed by atoms with E-state index in [1.54, 1.807) is 6.20 Å². The zero-order valence-corrected chi connectivity index (χ0v) is 7.86. The Labute approximate surface area is 82.5 Å². The van der Waals surface area contributed by atoms with E-state index in [9.17, 15) is 4.79 Å². The number of nitrogens with two attached hydrogens (primary N) is 1. The second-order valence-electron chi connectivity index (χ2n) is 3.52. The quantitative estimate of drug-likeness (QED) is 0.719. The fourth-order valence-corrected chi connectivity index (χ4v) is 1.75. The molecule has 4 nitrogen and oxygen atoms in total. The van der Waals surface area contributed by atoms with Crippen LogP contribution in [0.15, 0.2) is 18.5 Å². The van der Waals surface area contributed by atoms with Gasteiger partial charge in [-0.15, -0.1) is 0 Å². The molecule has 1 saturated heterocycles. The molecular formula is C10H13N3O. The molecule has 1 aromatic rings. The Kier molecular flexibility index (Phi) is 2.45. The predicted octanol–water partition coefficient (Wildman–Crippen LogP) is 0.605. The number of carbonyl (C=O) groups is 1. The fourth-order valence-electron chi connectivity index (χ4n) is 1.75. The average Bonchev–Trinajstić information content (AvgIpc) is 2.71. The van der Waals surface area contributed by atoms with E-state index >= 15 is 0 Å². The van der Waals surface area contributed by atoms with Crippen LogP contribution in [-0.2, 0) is 0 Å². The number of hydrogen-bond acceptors (Lipinski definition) is 3. The van der Waals surface area contributed by atoms with Crippen LogP contribution in [0.2, 0.25) is 0 Å². The first-order valence-corrected chi connectivity index (χ1v) is 4.75. The van der Waals surface area contributed by atoms with Gasteiger partial charge in [-0.2, -0.15) is 0 Å². The number of amides is 1. The van der Waals surface area contributed by atoms with Crippen LogP contribution in [0.3, 0.4) is 0 Å². The van der Waals surface area contributed by atoms with Crippen LogP contribution in [0, 0.1) is 0 Å². The first kappa shape index (κ1) is 9.15. The Bertz CT molecular complexity index is 345. The zero-order chi connectivity index (χ0) is 9.97. The van der Waals surface area contributed by atoms with Crippen molar-refractivity contribution in [2.24, 2.45) is 5.73 Å². The summed E-state index contributed by atoms with van der Waals surface area (Å²) in [6.45, 7) is 1.03. The topological polar surface area (TPSA) is 68.0 Å². The van der Waals surface area contributed by atoms with E-state index in [0.29, 0.717) is 11.6 Å². The molecule has 2 rings (SSSR count). The van der Waals surface area contributed by atoms with Crippen molar-refractivity contribution >= 4 is 5.91 Å². The van der Waals surface area contributed by atoms with Gasteiger partial charge in [0.25, 0.3) is 0 Å². The van der Waals surface area contributed by atoms with Gasteiger partial charge in [-0.25, -0.2) is 0 Å². The molecule has 0 aromatic carbocycles. The summed E-state index contributed by atoms with van der Waals surface area (Å²) in [4.78, 5) is 14.9. The molecule has 0 radical (unpaired) electrons. The van der Waals surface area contributed by atoms with Gasteiger partial charge in [-0.3, -0.25) is 9.78 Å². The van der Waals surface area contributed by atoms with E-state index in [0.717, 1.165) is 18.5 Å². The largest absolute Gasteiger partial charge is 0.366 e.